The molecule has 1 saturated heterocycles. The van der Waals surface area contributed by atoms with Crippen molar-refractivity contribution in [1.29, 1.82) is 0 Å². The highest BCUT2D eigenvalue weighted by Crippen LogP contribution is 2.25. The Hall–Kier alpha value is -1.66. The lowest BCUT2D eigenvalue weighted by Crippen LogP contribution is -2.21. The highest BCUT2D eigenvalue weighted by Gasteiger charge is 2.15. The van der Waals surface area contributed by atoms with Crippen LogP contribution in [-0.2, 0) is 4.74 Å². The van der Waals surface area contributed by atoms with E-state index < -0.39 is 0 Å². The summed E-state index contributed by atoms with van der Waals surface area (Å²) in [6, 6.07) is 8.07. The predicted octanol–water partition coefficient (Wildman–Crippen LogP) is 3.17. The number of nitrogens with zero attached hydrogens (tertiary/aromatic N) is 3. The van der Waals surface area contributed by atoms with Crippen LogP contribution in [0.1, 0.15) is 19.3 Å². The van der Waals surface area contributed by atoms with E-state index in [1.165, 1.54) is 12.8 Å². The van der Waals surface area contributed by atoms with Crippen LogP contribution in [0.3, 0.4) is 0 Å². The van der Waals surface area contributed by atoms with Crippen molar-refractivity contribution in [3.05, 3.63) is 24.3 Å². The Kier molecular flexibility index (Phi) is 3.48. The number of nitrogens with one attached hydrogen (secondary N) is 1. The maximum absolute atomic E-state index is 5.73. The minimum atomic E-state index is 0.325. The van der Waals surface area contributed by atoms with Gasteiger partial charge in [-0.1, -0.05) is 30.0 Å². The zero-order valence-corrected chi connectivity index (χ0v) is 12.4. The van der Waals surface area contributed by atoms with Crippen molar-refractivity contribution >= 4 is 33.8 Å². The van der Waals surface area contributed by atoms with E-state index in [4.69, 9.17) is 4.74 Å². The number of hydrogen-bond acceptors (Lipinski definition) is 5. The van der Waals surface area contributed by atoms with Crippen LogP contribution in [0.15, 0.2) is 29.4 Å². The third-order valence-electron chi connectivity index (χ3n) is 3.77. The number of hydrogen-bond donors (Lipinski definition) is 1. The normalized spacial score (nSPS) is 19.3. The molecule has 0 radical (unpaired) electrons. The van der Waals surface area contributed by atoms with Crippen LogP contribution >= 0.6 is 11.8 Å². The van der Waals surface area contributed by atoms with Gasteiger partial charge in [0.05, 0.1) is 6.10 Å². The Labute approximate surface area is 126 Å². The average molecular weight is 300 g/mol. The van der Waals surface area contributed by atoms with Gasteiger partial charge in [0.25, 0.3) is 0 Å². The van der Waals surface area contributed by atoms with Gasteiger partial charge in [-0.25, -0.2) is 4.98 Å². The first kappa shape index (κ1) is 13.0. The SMILES string of the molecule is c1ccc2c(c1)[nH]c1nc(SC[C@@H]3CCCCO3)nnc12. The van der Waals surface area contributed by atoms with E-state index in [2.05, 4.69) is 20.2 Å². The van der Waals surface area contributed by atoms with E-state index >= 15 is 0 Å². The van der Waals surface area contributed by atoms with Crippen LogP contribution in [0.5, 0.6) is 0 Å². The van der Waals surface area contributed by atoms with Crippen molar-refractivity contribution in [2.45, 2.75) is 30.5 Å². The second-order valence-electron chi connectivity index (χ2n) is 5.26. The lowest BCUT2D eigenvalue weighted by Gasteiger charge is -2.21. The molecule has 1 N–H and O–H groups in total. The van der Waals surface area contributed by atoms with E-state index in [-0.39, 0.29) is 0 Å². The van der Waals surface area contributed by atoms with Crippen molar-refractivity contribution in [1.82, 2.24) is 20.2 Å². The van der Waals surface area contributed by atoms with E-state index in [1.807, 2.05) is 24.3 Å². The van der Waals surface area contributed by atoms with Crippen molar-refractivity contribution in [2.75, 3.05) is 12.4 Å². The van der Waals surface area contributed by atoms with Crippen LogP contribution in [0, 0.1) is 0 Å². The first-order valence-electron chi connectivity index (χ1n) is 7.26. The van der Waals surface area contributed by atoms with Crippen molar-refractivity contribution < 1.29 is 4.74 Å². The number of H-pyrrole nitrogens is 1. The predicted molar refractivity (Wildman–Crippen MR) is 83.5 cm³/mol. The molecule has 0 bridgehead atoms. The Morgan fingerprint density at radius 2 is 2.19 bits per heavy atom. The number of rotatable bonds is 3. The third kappa shape index (κ3) is 2.61. The summed E-state index contributed by atoms with van der Waals surface area (Å²) < 4.78 is 5.73. The standard InChI is InChI=1S/C15H16N4OS/c1-2-7-12-11(6-1)13-14(16-12)17-15(19-18-13)21-9-10-5-3-4-8-20-10/h1-2,6-7,10H,3-5,8-9H2,(H,16,17,19)/t10-/m0/s1. The zero-order valence-electron chi connectivity index (χ0n) is 11.6. The number of para-hydroxylation sites is 1. The number of aromatic nitrogens is 4. The first-order chi connectivity index (χ1) is 10.4. The Morgan fingerprint density at radius 1 is 1.24 bits per heavy atom. The fourth-order valence-electron chi connectivity index (χ4n) is 2.67. The summed E-state index contributed by atoms with van der Waals surface area (Å²) in [4.78, 5) is 7.87. The van der Waals surface area contributed by atoms with Crippen molar-refractivity contribution in [2.24, 2.45) is 0 Å². The summed E-state index contributed by atoms with van der Waals surface area (Å²) in [5.41, 5.74) is 2.69. The largest absolute Gasteiger partial charge is 0.377 e. The molecule has 0 unspecified atom stereocenters. The minimum Gasteiger partial charge on any atom is -0.377 e. The molecule has 0 aliphatic carbocycles. The molecular weight excluding hydrogens is 284 g/mol. The van der Waals surface area contributed by atoms with Gasteiger partial charge >= 0.3 is 0 Å². The van der Waals surface area contributed by atoms with Gasteiger partial charge in [0.1, 0.15) is 5.52 Å². The molecular formula is C15H16N4OS. The summed E-state index contributed by atoms with van der Waals surface area (Å²) in [5, 5.41) is 10.3. The fourth-order valence-corrected chi connectivity index (χ4v) is 3.53. The monoisotopic (exact) mass is 300 g/mol. The van der Waals surface area contributed by atoms with E-state index in [9.17, 15) is 0 Å². The van der Waals surface area contributed by atoms with Gasteiger partial charge in [-0.2, -0.15) is 0 Å². The maximum atomic E-state index is 5.73. The maximum Gasteiger partial charge on any atom is 0.211 e. The molecule has 4 rings (SSSR count). The van der Waals surface area contributed by atoms with E-state index in [0.717, 1.165) is 40.8 Å². The molecule has 108 valence electrons. The molecule has 5 nitrogen and oxygen atoms in total. The van der Waals surface area contributed by atoms with Gasteiger partial charge in [0, 0.05) is 23.3 Å². The van der Waals surface area contributed by atoms with Crippen LogP contribution < -0.4 is 0 Å². The van der Waals surface area contributed by atoms with Gasteiger partial charge in [-0.15, -0.1) is 10.2 Å². The zero-order chi connectivity index (χ0) is 14.1. The Bertz CT molecular complexity index is 767. The topological polar surface area (TPSA) is 63.7 Å². The minimum absolute atomic E-state index is 0.325. The molecule has 21 heavy (non-hydrogen) atoms. The number of fused-ring (bicyclic) bond motifs is 3. The molecule has 6 heteroatoms. The van der Waals surface area contributed by atoms with Crippen LogP contribution in [0.2, 0.25) is 0 Å². The summed E-state index contributed by atoms with van der Waals surface area (Å²) in [5.74, 6) is 0.896. The van der Waals surface area contributed by atoms with Crippen LogP contribution in [0.4, 0.5) is 0 Å². The lowest BCUT2D eigenvalue weighted by atomic mass is 10.1. The Balaban J connectivity index is 1.57. The van der Waals surface area contributed by atoms with Crippen molar-refractivity contribution in [3.8, 4) is 0 Å². The molecule has 3 heterocycles. The second-order valence-corrected chi connectivity index (χ2v) is 6.25. The average Bonchev–Trinajstić information content (AvgIpc) is 2.91. The summed E-state index contributed by atoms with van der Waals surface area (Å²) >= 11 is 1.62. The quantitative estimate of drug-likeness (QED) is 0.753. The molecule has 1 fully saturated rings. The van der Waals surface area contributed by atoms with Crippen LogP contribution in [0.25, 0.3) is 22.1 Å². The number of ether oxygens (including phenoxy) is 1. The summed E-state index contributed by atoms with van der Waals surface area (Å²) in [7, 11) is 0. The first-order valence-corrected chi connectivity index (χ1v) is 8.24. The summed E-state index contributed by atoms with van der Waals surface area (Å²) in [6.07, 6.45) is 3.89. The lowest BCUT2D eigenvalue weighted by molar-refractivity contribution is 0.0315. The number of thioether (sulfide) groups is 1. The van der Waals surface area contributed by atoms with Crippen LogP contribution in [-0.4, -0.2) is 38.6 Å². The smallest absolute Gasteiger partial charge is 0.211 e. The fraction of sp³-hybridized carbons (Fsp3) is 0.400. The van der Waals surface area contributed by atoms with Crippen molar-refractivity contribution in [3.63, 3.8) is 0 Å². The number of aromatic amines is 1. The molecule has 3 aromatic rings. The van der Waals surface area contributed by atoms with E-state index in [0.29, 0.717) is 11.3 Å². The second kappa shape index (κ2) is 5.61. The highest BCUT2D eigenvalue weighted by atomic mass is 32.2. The molecule has 1 atom stereocenters. The highest BCUT2D eigenvalue weighted by molar-refractivity contribution is 7.99. The molecule has 1 aliphatic rings. The Morgan fingerprint density at radius 3 is 3.10 bits per heavy atom. The molecule has 0 spiro atoms. The van der Waals surface area contributed by atoms with Gasteiger partial charge in [0.15, 0.2) is 5.65 Å². The van der Waals surface area contributed by atoms with Gasteiger partial charge in [0.2, 0.25) is 5.16 Å². The molecule has 1 aliphatic heterocycles. The van der Waals surface area contributed by atoms with Gasteiger partial charge in [-0.05, 0) is 25.3 Å². The van der Waals surface area contributed by atoms with Gasteiger partial charge < -0.3 is 9.72 Å². The molecule has 2 aromatic heterocycles. The summed E-state index contributed by atoms with van der Waals surface area (Å²) in [6.45, 7) is 0.880. The molecule has 1 aromatic carbocycles. The number of benzene rings is 1. The van der Waals surface area contributed by atoms with E-state index in [1.54, 1.807) is 11.8 Å². The molecule has 0 amide bonds. The third-order valence-corrected chi connectivity index (χ3v) is 4.74. The molecule has 0 saturated carbocycles. The van der Waals surface area contributed by atoms with Gasteiger partial charge in [-0.3, -0.25) is 0 Å².